The zero-order chi connectivity index (χ0) is 21.3. The number of hydrogen-bond donors (Lipinski definition) is 1. The highest BCUT2D eigenvalue weighted by Gasteiger charge is 2.23. The number of esters is 1. The first-order valence-electron chi connectivity index (χ1n) is 9.08. The second-order valence-corrected chi connectivity index (χ2v) is 6.36. The largest absolute Gasteiger partial charge is 0.462 e. The lowest BCUT2D eigenvalue weighted by Gasteiger charge is -2.07. The molecule has 10 heteroatoms. The van der Waals surface area contributed by atoms with Crippen LogP contribution in [-0.4, -0.2) is 42.6 Å². The van der Waals surface area contributed by atoms with Crippen LogP contribution in [0.1, 0.15) is 27.8 Å². The number of aromatic nitrogens is 5. The molecule has 9 nitrogen and oxygen atoms in total. The summed E-state index contributed by atoms with van der Waals surface area (Å²) in [4.78, 5) is 33.5. The molecular weight excluding hydrogens is 391 g/mol. The van der Waals surface area contributed by atoms with Crippen LogP contribution in [0.5, 0.6) is 0 Å². The van der Waals surface area contributed by atoms with Crippen LogP contribution in [0, 0.1) is 5.82 Å². The summed E-state index contributed by atoms with van der Waals surface area (Å²) in [6, 6.07) is 7.56. The van der Waals surface area contributed by atoms with Gasteiger partial charge in [-0.1, -0.05) is 0 Å². The van der Waals surface area contributed by atoms with Crippen molar-refractivity contribution in [3.8, 4) is 11.3 Å². The van der Waals surface area contributed by atoms with Crippen LogP contribution in [0.25, 0.3) is 17.0 Å². The van der Waals surface area contributed by atoms with Gasteiger partial charge in [0.25, 0.3) is 5.91 Å². The Morgan fingerprint density at radius 3 is 2.67 bits per heavy atom. The van der Waals surface area contributed by atoms with E-state index in [0.29, 0.717) is 11.5 Å². The van der Waals surface area contributed by atoms with Crippen molar-refractivity contribution < 1.29 is 18.7 Å². The molecule has 0 atom stereocenters. The standard InChI is InChI=1S/C20H17FN6O3/c1-3-30-19(29)14-10-22-26(2)17(14)18(28)24-16-8-9-27-11-15(23-20(27)25-16)12-4-6-13(21)7-5-12/h4-11H,3H2,1-2H3,(H,23,24,25,28). The molecule has 3 heterocycles. The number of halogens is 1. The molecule has 4 aromatic rings. The Balaban J connectivity index is 1.60. The van der Waals surface area contributed by atoms with Crippen molar-refractivity contribution in [1.82, 2.24) is 24.1 Å². The van der Waals surface area contributed by atoms with Gasteiger partial charge < -0.3 is 10.1 Å². The Kier molecular flexibility index (Phi) is 4.97. The first-order chi connectivity index (χ1) is 14.5. The van der Waals surface area contributed by atoms with Crippen molar-refractivity contribution in [1.29, 1.82) is 0 Å². The summed E-state index contributed by atoms with van der Waals surface area (Å²) in [5.74, 6) is -0.915. The van der Waals surface area contributed by atoms with Crippen molar-refractivity contribution in [3.63, 3.8) is 0 Å². The van der Waals surface area contributed by atoms with Gasteiger partial charge in [0.05, 0.1) is 18.5 Å². The monoisotopic (exact) mass is 408 g/mol. The third kappa shape index (κ3) is 3.62. The summed E-state index contributed by atoms with van der Waals surface area (Å²) >= 11 is 0. The molecule has 0 spiro atoms. The summed E-state index contributed by atoms with van der Waals surface area (Å²) in [5.41, 5.74) is 1.48. The minimum absolute atomic E-state index is 0.0606. The number of imidazole rings is 1. The summed E-state index contributed by atoms with van der Waals surface area (Å²) in [6.07, 6.45) is 4.72. The Morgan fingerprint density at radius 2 is 1.93 bits per heavy atom. The number of fused-ring (bicyclic) bond motifs is 1. The van der Waals surface area contributed by atoms with E-state index in [0.717, 1.165) is 5.56 Å². The average molecular weight is 408 g/mol. The number of carbonyl (C=O) groups excluding carboxylic acids is 2. The van der Waals surface area contributed by atoms with E-state index < -0.39 is 11.9 Å². The van der Waals surface area contributed by atoms with Crippen LogP contribution in [0.3, 0.4) is 0 Å². The van der Waals surface area contributed by atoms with Crippen molar-refractivity contribution >= 4 is 23.5 Å². The zero-order valence-electron chi connectivity index (χ0n) is 16.2. The lowest BCUT2D eigenvalue weighted by molar-refractivity contribution is 0.0523. The molecule has 1 amide bonds. The molecule has 4 rings (SSSR count). The van der Waals surface area contributed by atoms with Gasteiger partial charge in [0.1, 0.15) is 22.9 Å². The zero-order valence-corrected chi connectivity index (χ0v) is 16.2. The molecule has 30 heavy (non-hydrogen) atoms. The Labute approximate surface area is 170 Å². The van der Waals surface area contributed by atoms with Gasteiger partial charge in [-0.05, 0) is 37.3 Å². The minimum atomic E-state index is -0.628. The van der Waals surface area contributed by atoms with E-state index in [1.54, 1.807) is 49.0 Å². The van der Waals surface area contributed by atoms with Crippen molar-refractivity contribution in [3.05, 3.63) is 66.0 Å². The van der Waals surface area contributed by atoms with E-state index in [9.17, 15) is 14.0 Å². The second kappa shape index (κ2) is 7.74. The van der Waals surface area contributed by atoms with Crippen molar-refractivity contribution in [2.45, 2.75) is 6.92 Å². The van der Waals surface area contributed by atoms with Crippen LogP contribution < -0.4 is 5.32 Å². The molecular formula is C20H17FN6O3. The highest BCUT2D eigenvalue weighted by molar-refractivity contribution is 6.09. The topological polar surface area (TPSA) is 103 Å². The van der Waals surface area contributed by atoms with Crippen LogP contribution in [0.15, 0.2) is 48.9 Å². The van der Waals surface area contributed by atoms with E-state index in [2.05, 4.69) is 20.4 Å². The van der Waals surface area contributed by atoms with Gasteiger partial charge in [0.2, 0.25) is 5.78 Å². The third-order valence-corrected chi connectivity index (χ3v) is 4.36. The lowest BCUT2D eigenvalue weighted by atomic mass is 10.2. The number of benzene rings is 1. The molecule has 0 bridgehead atoms. The van der Waals surface area contributed by atoms with Gasteiger partial charge in [-0.3, -0.25) is 13.9 Å². The van der Waals surface area contributed by atoms with Crippen LogP contribution >= 0.6 is 0 Å². The van der Waals surface area contributed by atoms with Gasteiger partial charge >= 0.3 is 5.97 Å². The molecule has 152 valence electrons. The van der Waals surface area contributed by atoms with Crippen LogP contribution in [0.4, 0.5) is 10.2 Å². The number of nitrogens with one attached hydrogen (secondary N) is 1. The van der Waals surface area contributed by atoms with E-state index >= 15 is 0 Å². The van der Waals surface area contributed by atoms with Crippen molar-refractivity contribution in [2.24, 2.45) is 7.05 Å². The fourth-order valence-electron chi connectivity index (χ4n) is 2.94. The summed E-state index contributed by atoms with van der Waals surface area (Å²) < 4.78 is 21.1. The molecule has 0 aliphatic rings. The number of ether oxygens (including phenoxy) is 1. The maximum Gasteiger partial charge on any atom is 0.342 e. The number of amides is 1. The molecule has 1 N–H and O–H groups in total. The summed E-state index contributed by atoms with van der Waals surface area (Å²) in [6.45, 7) is 1.86. The molecule has 0 fully saturated rings. The first-order valence-corrected chi connectivity index (χ1v) is 9.08. The minimum Gasteiger partial charge on any atom is -0.462 e. The lowest BCUT2D eigenvalue weighted by Crippen LogP contribution is -2.20. The van der Waals surface area contributed by atoms with Crippen LogP contribution in [0.2, 0.25) is 0 Å². The number of anilines is 1. The molecule has 3 aromatic heterocycles. The van der Waals surface area contributed by atoms with E-state index in [1.165, 1.54) is 23.0 Å². The second-order valence-electron chi connectivity index (χ2n) is 6.36. The summed E-state index contributed by atoms with van der Waals surface area (Å²) in [7, 11) is 1.55. The van der Waals surface area contributed by atoms with E-state index in [4.69, 9.17) is 4.74 Å². The molecule has 0 radical (unpaired) electrons. The predicted octanol–water partition coefficient (Wildman–Crippen LogP) is 2.70. The van der Waals surface area contributed by atoms with Gasteiger partial charge in [-0.25, -0.2) is 14.2 Å². The highest BCUT2D eigenvalue weighted by atomic mass is 19.1. The molecule has 0 saturated heterocycles. The highest BCUT2D eigenvalue weighted by Crippen LogP contribution is 2.20. The Morgan fingerprint density at radius 1 is 1.17 bits per heavy atom. The number of rotatable bonds is 5. The summed E-state index contributed by atoms with van der Waals surface area (Å²) in [5, 5.41) is 6.62. The smallest absolute Gasteiger partial charge is 0.342 e. The van der Waals surface area contributed by atoms with Gasteiger partial charge in [0, 0.05) is 25.0 Å². The Hall–Kier alpha value is -4.08. The van der Waals surface area contributed by atoms with Crippen molar-refractivity contribution in [2.75, 3.05) is 11.9 Å². The number of carbonyl (C=O) groups is 2. The fraction of sp³-hybridized carbons (Fsp3) is 0.150. The molecule has 1 aromatic carbocycles. The maximum atomic E-state index is 13.1. The van der Waals surface area contributed by atoms with Gasteiger partial charge in [-0.2, -0.15) is 10.1 Å². The fourth-order valence-corrected chi connectivity index (χ4v) is 2.94. The number of nitrogens with zero attached hydrogens (tertiary/aromatic N) is 5. The third-order valence-electron chi connectivity index (χ3n) is 4.36. The van der Waals surface area contributed by atoms with E-state index in [-0.39, 0.29) is 29.5 Å². The quantitative estimate of drug-likeness (QED) is 0.509. The molecule has 0 saturated carbocycles. The molecule has 0 aliphatic carbocycles. The van der Waals surface area contributed by atoms with Gasteiger partial charge in [-0.15, -0.1) is 0 Å². The normalized spacial score (nSPS) is 10.9. The SMILES string of the molecule is CCOC(=O)c1cnn(C)c1C(=O)Nc1ccn2cc(-c3ccc(F)cc3)nc2n1. The van der Waals surface area contributed by atoms with Crippen LogP contribution in [-0.2, 0) is 11.8 Å². The first kappa shape index (κ1) is 19.2. The molecule has 0 unspecified atom stereocenters. The number of hydrogen-bond acceptors (Lipinski definition) is 6. The molecule has 0 aliphatic heterocycles. The van der Waals surface area contributed by atoms with E-state index in [1.807, 2.05) is 0 Å². The van der Waals surface area contributed by atoms with Gasteiger partial charge in [0.15, 0.2) is 0 Å². The number of aryl methyl sites for hydroxylation is 1. The average Bonchev–Trinajstić information content (AvgIpc) is 3.32. The maximum absolute atomic E-state index is 13.1. The Bertz CT molecular complexity index is 1250. The predicted molar refractivity (Wildman–Crippen MR) is 105 cm³/mol.